The Balaban J connectivity index is 2.51. The number of alkyl carbamates (subject to hydrolysis) is 1. The van der Waals surface area contributed by atoms with E-state index in [4.69, 9.17) is 10.5 Å². The molecule has 0 spiro atoms. The second-order valence-corrected chi connectivity index (χ2v) is 5.40. The number of rotatable bonds is 5. The lowest BCUT2D eigenvalue weighted by molar-refractivity contribution is -0.135. The second-order valence-electron chi connectivity index (χ2n) is 5.40. The summed E-state index contributed by atoms with van der Waals surface area (Å²) < 4.78 is 4.87. The molecule has 3 N–H and O–H groups in total. The second kappa shape index (κ2) is 8.09. The van der Waals surface area contributed by atoms with Gasteiger partial charge in [0.15, 0.2) is 0 Å². The fourth-order valence-electron chi connectivity index (χ4n) is 2.34. The van der Waals surface area contributed by atoms with Gasteiger partial charge in [0.05, 0.1) is 12.6 Å². The zero-order valence-corrected chi connectivity index (χ0v) is 12.7. The molecule has 6 nitrogen and oxygen atoms in total. The number of amides is 2. The number of piperidine rings is 1. The fraction of sp³-hybridized carbons (Fsp3) is 0.857. The molecule has 1 unspecified atom stereocenters. The van der Waals surface area contributed by atoms with Crippen molar-refractivity contribution in [1.29, 1.82) is 0 Å². The molecule has 0 aliphatic carbocycles. The molecule has 1 aliphatic rings. The van der Waals surface area contributed by atoms with Crippen molar-refractivity contribution in [3.8, 4) is 0 Å². The van der Waals surface area contributed by atoms with E-state index in [-0.39, 0.29) is 17.9 Å². The quantitative estimate of drug-likeness (QED) is 0.792. The lowest BCUT2D eigenvalue weighted by atomic mass is 9.97. The van der Waals surface area contributed by atoms with Crippen LogP contribution in [0.25, 0.3) is 0 Å². The number of nitrogens with two attached hydrogens (primary N) is 1. The molecule has 20 heavy (non-hydrogen) atoms. The van der Waals surface area contributed by atoms with E-state index < -0.39 is 12.1 Å². The fourth-order valence-corrected chi connectivity index (χ4v) is 2.34. The maximum absolute atomic E-state index is 12.3. The number of nitrogens with one attached hydrogen (secondary N) is 1. The Hall–Kier alpha value is -1.30. The van der Waals surface area contributed by atoms with Crippen molar-refractivity contribution in [2.45, 2.75) is 52.1 Å². The number of carbonyl (C=O) groups is 2. The van der Waals surface area contributed by atoms with E-state index in [1.54, 1.807) is 11.8 Å². The molecule has 1 fully saturated rings. The van der Waals surface area contributed by atoms with Crippen molar-refractivity contribution in [2.75, 3.05) is 19.7 Å². The molecule has 0 aromatic carbocycles. The Bertz CT molecular complexity index is 336. The highest BCUT2D eigenvalue weighted by Gasteiger charge is 2.29. The maximum Gasteiger partial charge on any atom is 0.407 e. The molecule has 0 radical (unpaired) electrons. The van der Waals surface area contributed by atoms with Crippen LogP contribution in [0.1, 0.15) is 40.0 Å². The van der Waals surface area contributed by atoms with Crippen LogP contribution in [0.2, 0.25) is 0 Å². The summed E-state index contributed by atoms with van der Waals surface area (Å²) in [5.74, 6) is 0.149. The van der Waals surface area contributed by atoms with E-state index in [2.05, 4.69) is 5.32 Å². The molecule has 0 aromatic heterocycles. The molecule has 0 bridgehead atoms. The van der Waals surface area contributed by atoms with E-state index in [1.165, 1.54) is 0 Å². The highest BCUT2D eigenvalue weighted by Crippen LogP contribution is 2.14. The zero-order chi connectivity index (χ0) is 15.1. The smallest absolute Gasteiger partial charge is 0.407 e. The molecule has 3 atom stereocenters. The summed E-state index contributed by atoms with van der Waals surface area (Å²) in [6.07, 6.45) is 2.20. The van der Waals surface area contributed by atoms with Crippen molar-refractivity contribution >= 4 is 12.0 Å². The number of nitrogens with zero attached hydrogens (tertiary/aromatic N) is 1. The average Bonchev–Trinajstić information content (AvgIpc) is 2.45. The first-order valence-corrected chi connectivity index (χ1v) is 7.47. The number of likely N-dealkylation sites (tertiary alicyclic amines) is 1. The Morgan fingerprint density at radius 3 is 2.75 bits per heavy atom. The molecular weight excluding hydrogens is 258 g/mol. The van der Waals surface area contributed by atoms with Gasteiger partial charge in [-0.1, -0.05) is 20.3 Å². The Morgan fingerprint density at radius 1 is 1.45 bits per heavy atom. The van der Waals surface area contributed by atoms with Crippen molar-refractivity contribution in [1.82, 2.24) is 10.2 Å². The lowest BCUT2D eigenvalue weighted by Gasteiger charge is -2.35. The first-order chi connectivity index (χ1) is 9.49. The molecule has 0 saturated carbocycles. The summed E-state index contributed by atoms with van der Waals surface area (Å²) in [6, 6.07) is -0.503. The van der Waals surface area contributed by atoms with Crippen LogP contribution in [0, 0.1) is 5.92 Å². The van der Waals surface area contributed by atoms with Gasteiger partial charge >= 0.3 is 6.09 Å². The molecule has 1 heterocycles. The van der Waals surface area contributed by atoms with Crippen LogP contribution >= 0.6 is 0 Å². The van der Waals surface area contributed by atoms with E-state index >= 15 is 0 Å². The molecule has 1 rings (SSSR count). The van der Waals surface area contributed by atoms with Crippen molar-refractivity contribution < 1.29 is 14.3 Å². The number of hydrogen-bond donors (Lipinski definition) is 2. The van der Waals surface area contributed by atoms with Gasteiger partial charge in [0.1, 0.15) is 0 Å². The summed E-state index contributed by atoms with van der Waals surface area (Å²) in [5.41, 5.74) is 5.99. The molecule has 1 saturated heterocycles. The molecule has 116 valence electrons. The van der Waals surface area contributed by atoms with E-state index in [1.807, 2.05) is 13.8 Å². The normalized spacial score (nSPS) is 22.0. The van der Waals surface area contributed by atoms with Gasteiger partial charge in [-0.3, -0.25) is 4.79 Å². The monoisotopic (exact) mass is 285 g/mol. The third-order valence-electron chi connectivity index (χ3n) is 3.87. The highest BCUT2D eigenvalue weighted by molar-refractivity contribution is 5.82. The topological polar surface area (TPSA) is 84.7 Å². The minimum absolute atomic E-state index is 0.0188. The molecule has 6 heteroatoms. The van der Waals surface area contributed by atoms with Gasteiger partial charge in [-0.15, -0.1) is 0 Å². The lowest BCUT2D eigenvalue weighted by Crippen LogP contribution is -2.54. The Labute approximate surface area is 121 Å². The highest BCUT2D eigenvalue weighted by atomic mass is 16.5. The van der Waals surface area contributed by atoms with Crippen LogP contribution in [-0.2, 0) is 9.53 Å². The van der Waals surface area contributed by atoms with Gasteiger partial charge in [-0.25, -0.2) is 4.79 Å². The van der Waals surface area contributed by atoms with Crippen LogP contribution < -0.4 is 11.1 Å². The minimum Gasteiger partial charge on any atom is -0.450 e. The van der Waals surface area contributed by atoms with Crippen LogP contribution in [0.15, 0.2) is 0 Å². The summed E-state index contributed by atoms with van der Waals surface area (Å²) in [4.78, 5) is 25.5. The SMILES string of the molecule is CCOC(=O)NC1CCCN(C(=O)[C@@H](N)[C@@H](C)CC)C1. The van der Waals surface area contributed by atoms with Crippen molar-refractivity contribution in [3.05, 3.63) is 0 Å². The Kier molecular flexibility index (Phi) is 6.78. The van der Waals surface area contributed by atoms with E-state index in [9.17, 15) is 9.59 Å². The van der Waals surface area contributed by atoms with Crippen LogP contribution in [0.4, 0.5) is 4.79 Å². The van der Waals surface area contributed by atoms with Crippen LogP contribution in [-0.4, -0.2) is 48.7 Å². The first kappa shape index (κ1) is 16.8. The zero-order valence-electron chi connectivity index (χ0n) is 12.7. The summed E-state index contributed by atoms with van der Waals surface area (Å²) in [7, 11) is 0. The van der Waals surface area contributed by atoms with Crippen molar-refractivity contribution in [2.24, 2.45) is 11.7 Å². The van der Waals surface area contributed by atoms with Crippen LogP contribution in [0.5, 0.6) is 0 Å². The standard InChI is InChI=1S/C14H27N3O3/c1-4-10(3)12(15)13(18)17-8-6-7-11(9-17)16-14(19)20-5-2/h10-12H,4-9,15H2,1-3H3,(H,16,19)/t10-,11?,12-/m0/s1. The summed E-state index contributed by atoms with van der Waals surface area (Å²) in [5, 5.41) is 2.79. The predicted molar refractivity (Wildman–Crippen MR) is 77.2 cm³/mol. The van der Waals surface area contributed by atoms with Crippen LogP contribution in [0.3, 0.4) is 0 Å². The molecule has 1 aliphatic heterocycles. The van der Waals surface area contributed by atoms with E-state index in [0.29, 0.717) is 19.7 Å². The molecule has 2 amide bonds. The maximum atomic E-state index is 12.3. The number of hydrogen-bond acceptors (Lipinski definition) is 4. The third kappa shape index (κ3) is 4.67. The number of carbonyl (C=O) groups excluding carboxylic acids is 2. The largest absolute Gasteiger partial charge is 0.450 e. The average molecular weight is 285 g/mol. The van der Waals surface area contributed by atoms with Gasteiger partial charge in [0.2, 0.25) is 5.91 Å². The number of ether oxygens (including phenoxy) is 1. The first-order valence-electron chi connectivity index (χ1n) is 7.47. The predicted octanol–water partition coefficient (Wildman–Crippen LogP) is 1.10. The van der Waals surface area contributed by atoms with Gasteiger partial charge in [0, 0.05) is 19.1 Å². The molecular formula is C14H27N3O3. The third-order valence-corrected chi connectivity index (χ3v) is 3.87. The summed E-state index contributed by atoms with van der Waals surface area (Å²) in [6.45, 7) is 7.35. The van der Waals surface area contributed by atoms with Gasteiger partial charge in [0.25, 0.3) is 0 Å². The van der Waals surface area contributed by atoms with Gasteiger partial charge in [-0.05, 0) is 25.7 Å². The van der Waals surface area contributed by atoms with Gasteiger partial charge < -0.3 is 20.7 Å². The van der Waals surface area contributed by atoms with Crippen molar-refractivity contribution in [3.63, 3.8) is 0 Å². The van der Waals surface area contributed by atoms with Gasteiger partial charge in [-0.2, -0.15) is 0 Å². The minimum atomic E-state index is -0.457. The Morgan fingerprint density at radius 2 is 2.15 bits per heavy atom. The van der Waals surface area contributed by atoms with E-state index in [0.717, 1.165) is 19.3 Å². The summed E-state index contributed by atoms with van der Waals surface area (Å²) >= 11 is 0. The molecule has 0 aromatic rings.